The van der Waals surface area contributed by atoms with E-state index < -0.39 is 28.7 Å². The van der Waals surface area contributed by atoms with Gasteiger partial charge in [-0.1, -0.05) is 60.8 Å². The Morgan fingerprint density at radius 3 is 2.62 bits per heavy atom. The number of carbonyl (C=O) groups excluding carboxylic acids is 3. The Hall–Kier alpha value is -1.58. The molecule has 3 fully saturated rings. The maximum atomic E-state index is 13.9. The molecule has 3 N–H and O–H groups in total. The van der Waals surface area contributed by atoms with Crippen LogP contribution in [-0.4, -0.2) is 67.8 Å². The summed E-state index contributed by atoms with van der Waals surface area (Å²) in [6.45, 7) is 4.37. The van der Waals surface area contributed by atoms with Crippen LogP contribution in [0.2, 0.25) is 0 Å². The van der Waals surface area contributed by atoms with Gasteiger partial charge in [-0.15, -0.1) is 11.8 Å². The second-order valence-electron chi connectivity index (χ2n) is 9.51. The molecule has 7 atom stereocenters. The molecule has 0 aromatic heterocycles. The van der Waals surface area contributed by atoms with Gasteiger partial charge in [0.2, 0.25) is 17.7 Å². The quantitative estimate of drug-likeness (QED) is 0.306. The second-order valence-corrected chi connectivity index (χ2v) is 12.2. The highest BCUT2D eigenvalue weighted by Gasteiger charge is 2.76. The summed E-state index contributed by atoms with van der Waals surface area (Å²) >= 11 is 5.39. The van der Waals surface area contributed by atoms with Crippen LogP contribution < -0.4 is 10.6 Å². The number of hydrogen-bond acceptors (Lipinski definition) is 5. The number of benzene rings is 1. The maximum absolute atomic E-state index is 13.9. The number of thioether (sulfide) groups is 1. The number of aliphatic hydroxyl groups excluding tert-OH is 1. The van der Waals surface area contributed by atoms with Crippen molar-refractivity contribution in [1.82, 2.24) is 10.2 Å². The van der Waals surface area contributed by atoms with E-state index in [9.17, 15) is 19.5 Å². The summed E-state index contributed by atoms with van der Waals surface area (Å²) in [5.41, 5.74) is 0.690. The van der Waals surface area contributed by atoms with Gasteiger partial charge in [0.25, 0.3) is 0 Å². The SMILES string of the molecule is CCCCCNC(=O)C1N([C@@H](CC)CO)C(=O)[C@@H]2[C@H](C(=O)Nc3ccccc3)[C@H]3SC12CC3Br. The Bertz CT molecular complexity index is 915. The first-order valence-corrected chi connectivity index (χ1v) is 14.1. The van der Waals surface area contributed by atoms with Crippen LogP contribution in [0.4, 0.5) is 5.69 Å². The zero-order valence-electron chi connectivity index (χ0n) is 19.7. The number of aliphatic hydroxyl groups is 1. The number of unbranched alkanes of at least 4 members (excludes halogenated alkanes) is 2. The first kappa shape index (κ1) is 25.5. The number of fused-ring (bicyclic) bond motifs is 1. The van der Waals surface area contributed by atoms with Gasteiger partial charge >= 0.3 is 0 Å². The number of anilines is 1. The van der Waals surface area contributed by atoms with Crippen molar-refractivity contribution in [2.24, 2.45) is 11.8 Å². The molecule has 3 aliphatic rings. The molecular weight excluding hydrogens is 518 g/mol. The molecule has 1 spiro atoms. The molecule has 3 saturated heterocycles. The molecule has 2 bridgehead atoms. The molecule has 34 heavy (non-hydrogen) atoms. The van der Waals surface area contributed by atoms with Crippen molar-refractivity contribution in [3.05, 3.63) is 30.3 Å². The van der Waals surface area contributed by atoms with Crippen LogP contribution in [0.15, 0.2) is 30.3 Å². The number of rotatable bonds is 10. The third-order valence-corrected chi connectivity index (χ3v) is 10.7. The fourth-order valence-electron chi connectivity index (χ4n) is 5.90. The van der Waals surface area contributed by atoms with Crippen LogP contribution >= 0.6 is 27.7 Å². The first-order chi connectivity index (χ1) is 16.4. The zero-order chi connectivity index (χ0) is 24.5. The third-order valence-electron chi connectivity index (χ3n) is 7.47. The minimum absolute atomic E-state index is 0.0256. The molecule has 9 heteroatoms. The van der Waals surface area contributed by atoms with Crippen molar-refractivity contribution in [3.8, 4) is 0 Å². The molecule has 0 aliphatic carbocycles. The van der Waals surface area contributed by atoms with Crippen molar-refractivity contribution < 1.29 is 19.5 Å². The summed E-state index contributed by atoms with van der Waals surface area (Å²) in [4.78, 5) is 42.6. The highest BCUT2D eigenvalue weighted by Crippen LogP contribution is 2.68. The van der Waals surface area contributed by atoms with Crippen molar-refractivity contribution >= 4 is 51.1 Å². The minimum Gasteiger partial charge on any atom is -0.394 e. The predicted octanol–water partition coefficient (Wildman–Crippen LogP) is 3.17. The van der Waals surface area contributed by atoms with Gasteiger partial charge in [0.05, 0.1) is 29.2 Å². The summed E-state index contributed by atoms with van der Waals surface area (Å²) in [6.07, 6.45) is 4.14. The monoisotopic (exact) mass is 551 g/mol. The first-order valence-electron chi connectivity index (χ1n) is 12.3. The number of nitrogens with one attached hydrogen (secondary N) is 2. The molecule has 0 saturated carbocycles. The Kier molecular flexibility index (Phi) is 7.94. The highest BCUT2D eigenvalue weighted by molar-refractivity contribution is 9.09. The summed E-state index contributed by atoms with van der Waals surface area (Å²) in [6, 6.07) is 8.09. The summed E-state index contributed by atoms with van der Waals surface area (Å²) in [5, 5.41) is 16.0. The van der Waals surface area contributed by atoms with Gasteiger partial charge in [-0.25, -0.2) is 0 Å². The number of halogens is 1. The number of nitrogens with zero attached hydrogens (tertiary/aromatic N) is 1. The van der Waals surface area contributed by atoms with E-state index in [-0.39, 0.29) is 34.4 Å². The Balaban J connectivity index is 1.67. The smallest absolute Gasteiger partial charge is 0.244 e. The number of hydrogen-bond donors (Lipinski definition) is 3. The van der Waals surface area contributed by atoms with Crippen LogP contribution in [0.1, 0.15) is 46.0 Å². The van der Waals surface area contributed by atoms with E-state index in [1.54, 1.807) is 16.7 Å². The van der Waals surface area contributed by atoms with Gasteiger partial charge in [-0.2, -0.15) is 0 Å². The van der Waals surface area contributed by atoms with Gasteiger partial charge in [0.15, 0.2) is 0 Å². The molecule has 1 aromatic rings. The number of para-hydroxylation sites is 1. The van der Waals surface area contributed by atoms with Crippen LogP contribution in [0.3, 0.4) is 0 Å². The molecular formula is C25H34BrN3O4S. The van der Waals surface area contributed by atoms with E-state index >= 15 is 0 Å². The summed E-state index contributed by atoms with van der Waals surface area (Å²) in [5.74, 6) is -1.68. The number of amides is 3. The fraction of sp³-hybridized carbons (Fsp3) is 0.640. The van der Waals surface area contributed by atoms with Crippen LogP contribution in [-0.2, 0) is 14.4 Å². The van der Waals surface area contributed by atoms with Gasteiger partial charge in [0, 0.05) is 22.3 Å². The highest BCUT2D eigenvalue weighted by atomic mass is 79.9. The molecule has 186 valence electrons. The van der Waals surface area contributed by atoms with Gasteiger partial charge in [0.1, 0.15) is 6.04 Å². The lowest BCUT2D eigenvalue weighted by Gasteiger charge is -2.37. The van der Waals surface area contributed by atoms with Crippen LogP contribution in [0, 0.1) is 11.8 Å². The fourth-order valence-corrected chi connectivity index (χ4v) is 9.50. The molecule has 4 rings (SSSR count). The van der Waals surface area contributed by atoms with E-state index in [0.29, 0.717) is 25.1 Å². The van der Waals surface area contributed by atoms with Crippen LogP contribution in [0.5, 0.6) is 0 Å². The lowest BCUT2D eigenvalue weighted by molar-refractivity contribution is -0.142. The van der Waals surface area contributed by atoms with Gasteiger partial charge in [-0.05, 0) is 31.4 Å². The molecule has 3 heterocycles. The number of carbonyl (C=O) groups is 3. The van der Waals surface area contributed by atoms with E-state index in [1.807, 2.05) is 37.3 Å². The van der Waals surface area contributed by atoms with E-state index in [2.05, 4.69) is 33.5 Å². The van der Waals surface area contributed by atoms with Gasteiger partial charge in [-0.3, -0.25) is 14.4 Å². The average Bonchev–Trinajstić information content (AvgIpc) is 3.42. The van der Waals surface area contributed by atoms with Crippen molar-refractivity contribution in [1.29, 1.82) is 0 Å². The second kappa shape index (κ2) is 10.6. The van der Waals surface area contributed by atoms with Crippen molar-refractivity contribution in [2.45, 2.75) is 72.9 Å². The largest absolute Gasteiger partial charge is 0.394 e. The van der Waals surface area contributed by atoms with E-state index in [1.165, 1.54) is 0 Å². The topological polar surface area (TPSA) is 98.7 Å². The molecule has 3 unspecified atom stereocenters. The Morgan fingerprint density at radius 1 is 1.24 bits per heavy atom. The predicted molar refractivity (Wildman–Crippen MR) is 138 cm³/mol. The van der Waals surface area contributed by atoms with Crippen LogP contribution in [0.25, 0.3) is 0 Å². The molecule has 1 aromatic carbocycles. The van der Waals surface area contributed by atoms with Crippen molar-refractivity contribution in [2.75, 3.05) is 18.5 Å². The molecule has 3 amide bonds. The van der Waals surface area contributed by atoms with Gasteiger partial charge < -0.3 is 20.6 Å². The summed E-state index contributed by atoms with van der Waals surface area (Å²) < 4.78 is -0.688. The third kappa shape index (κ3) is 4.28. The summed E-state index contributed by atoms with van der Waals surface area (Å²) in [7, 11) is 0. The Labute approximate surface area is 213 Å². The lowest BCUT2D eigenvalue weighted by atomic mass is 9.70. The standard InChI is InChI=1S/C25H34BrN3O4S/c1-3-5-9-12-27-23(32)21-25-13-17(26)20(34-25)18(22(31)28-15-10-7-6-8-11-15)19(25)24(33)29(21)16(4-2)14-30/h6-8,10-11,16-21,30H,3-5,9,12-14H2,1-2H3,(H,27,32)(H,28,31)/t16-,17?,18-,19-,20-,21?,25?/m0/s1. The molecule has 7 nitrogen and oxygen atoms in total. The number of likely N-dealkylation sites (tertiary alicyclic amines) is 1. The molecule has 0 radical (unpaired) electrons. The minimum atomic E-state index is -0.701. The average molecular weight is 553 g/mol. The molecule has 3 aliphatic heterocycles. The Morgan fingerprint density at radius 2 is 1.97 bits per heavy atom. The zero-order valence-corrected chi connectivity index (χ0v) is 22.1. The van der Waals surface area contributed by atoms with E-state index in [4.69, 9.17) is 0 Å². The lowest BCUT2D eigenvalue weighted by Crippen LogP contribution is -2.57. The normalized spacial score (nSPS) is 32.5. The van der Waals surface area contributed by atoms with E-state index in [0.717, 1.165) is 19.3 Å². The maximum Gasteiger partial charge on any atom is 0.244 e. The van der Waals surface area contributed by atoms with Crippen molar-refractivity contribution in [3.63, 3.8) is 0 Å². The number of alkyl halides is 1.